The number of likely N-dealkylation sites (tertiary alicyclic amines) is 1. The van der Waals surface area contributed by atoms with Crippen LogP contribution in [0.3, 0.4) is 0 Å². The zero-order valence-electron chi connectivity index (χ0n) is 12.3. The number of hydrogen-bond donors (Lipinski definition) is 1. The normalized spacial score (nSPS) is 37.6. The molecular formula is C17H23N3O. The zero-order valence-corrected chi connectivity index (χ0v) is 12.3. The van der Waals surface area contributed by atoms with Crippen LogP contribution in [0.25, 0.3) is 0 Å². The van der Waals surface area contributed by atoms with Crippen LogP contribution in [0, 0.1) is 5.92 Å². The van der Waals surface area contributed by atoms with Gasteiger partial charge in [0.2, 0.25) is 5.91 Å². The van der Waals surface area contributed by atoms with E-state index in [1.807, 2.05) is 0 Å². The molecule has 4 fully saturated rings. The topological polar surface area (TPSA) is 49.6 Å². The first-order valence-corrected chi connectivity index (χ1v) is 8.08. The first-order chi connectivity index (χ1) is 10.3. The molecule has 2 bridgehead atoms. The predicted octanol–water partition coefficient (Wildman–Crippen LogP) is 1.03. The van der Waals surface area contributed by atoms with E-state index in [0.717, 1.165) is 6.54 Å². The van der Waals surface area contributed by atoms with Gasteiger partial charge in [0.05, 0.1) is 12.6 Å². The van der Waals surface area contributed by atoms with Gasteiger partial charge in [0.15, 0.2) is 0 Å². The van der Waals surface area contributed by atoms with Crippen LogP contribution < -0.4 is 5.73 Å². The zero-order chi connectivity index (χ0) is 14.4. The monoisotopic (exact) mass is 285 g/mol. The Morgan fingerprint density at radius 2 is 1.86 bits per heavy atom. The molecule has 1 aromatic carbocycles. The largest absolute Gasteiger partial charge is 0.336 e. The van der Waals surface area contributed by atoms with Gasteiger partial charge in [-0.3, -0.25) is 9.69 Å². The van der Waals surface area contributed by atoms with Gasteiger partial charge in [-0.25, -0.2) is 0 Å². The molecule has 4 heteroatoms. The number of benzene rings is 1. The van der Waals surface area contributed by atoms with Gasteiger partial charge >= 0.3 is 0 Å². The summed E-state index contributed by atoms with van der Waals surface area (Å²) in [4.78, 5) is 17.0. The molecule has 4 aliphatic heterocycles. The minimum atomic E-state index is 0.122. The standard InChI is InChI=1S/C17H23N3O/c18-10-15(21)20-11-14(12-4-2-1-3-5-12)17-16(20)13-6-8-19(17)9-7-13/h1-5,13-14,16-17H,6-11,18H2/t14-,16+,17+/m0/s1. The number of fused-ring (bicyclic) bond motifs is 2. The van der Waals surface area contributed by atoms with Crippen molar-refractivity contribution in [3.8, 4) is 0 Å². The molecule has 0 saturated carbocycles. The smallest absolute Gasteiger partial charge is 0.236 e. The molecule has 0 aliphatic carbocycles. The van der Waals surface area contributed by atoms with Crippen LogP contribution in [0.15, 0.2) is 30.3 Å². The predicted molar refractivity (Wildman–Crippen MR) is 81.8 cm³/mol. The van der Waals surface area contributed by atoms with Crippen molar-refractivity contribution < 1.29 is 4.79 Å². The Hall–Kier alpha value is -1.39. The van der Waals surface area contributed by atoms with Gasteiger partial charge in [-0.05, 0) is 37.4 Å². The third-order valence-electron chi connectivity index (χ3n) is 5.72. The second-order valence-corrected chi connectivity index (χ2v) is 6.62. The van der Waals surface area contributed by atoms with E-state index in [9.17, 15) is 4.79 Å². The van der Waals surface area contributed by atoms with E-state index in [4.69, 9.17) is 5.73 Å². The summed E-state index contributed by atoms with van der Waals surface area (Å²) >= 11 is 0. The van der Waals surface area contributed by atoms with E-state index in [-0.39, 0.29) is 12.5 Å². The molecule has 4 nitrogen and oxygen atoms in total. The van der Waals surface area contributed by atoms with Crippen LogP contribution in [-0.4, -0.2) is 54.0 Å². The van der Waals surface area contributed by atoms with E-state index in [2.05, 4.69) is 40.1 Å². The van der Waals surface area contributed by atoms with Crippen LogP contribution in [0.2, 0.25) is 0 Å². The Labute approximate surface area is 125 Å². The number of carbonyl (C=O) groups is 1. The molecule has 3 atom stereocenters. The molecule has 0 aromatic heterocycles. The summed E-state index contributed by atoms with van der Waals surface area (Å²) < 4.78 is 0. The third-order valence-corrected chi connectivity index (χ3v) is 5.72. The number of nitrogens with two attached hydrogens (primary N) is 1. The average Bonchev–Trinajstić information content (AvgIpc) is 2.99. The lowest BCUT2D eigenvalue weighted by molar-refractivity contribution is -0.134. The highest BCUT2D eigenvalue weighted by atomic mass is 16.2. The number of carbonyl (C=O) groups excluding carboxylic acids is 1. The Kier molecular flexibility index (Phi) is 3.23. The fourth-order valence-electron chi connectivity index (χ4n) is 4.82. The molecule has 0 unspecified atom stereocenters. The number of piperidine rings is 3. The quantitative estimate of drug-likeness (QED) is 0.883. The molecule has 0 radical (unpaired) electrons. The van der Waals surface area contributed by atoms with E-state index < -0.39 is 0 Å². The number of rotatable bonds is 2. The fraction of sp³-hybridized carbons (Fsp3) is 0.588. The summed E-state index contributed by atoms with van der Waals surface area (Å²) in [6.07, 6.45) is 2.47. The lowest BCUT2D eigenvalue weighted by Gasteiger charge is -2.51. The SMILES string of the molecule is NCC(=O)N1C[C@@H](c2ccccc2)[C@@H]2[C@H]1C1CCN2CC1. The second-order valence-electron chi connectivity index (χ2n) is 6.62. The average molecular weight is 285 g/mol. The van der Waals surface area contributed by atoms with Crippen molar-refractivity contribution in [2.75, 3.05) is 26.2 Å². The number of hydrogen-bond acceptors (Lipinski definition) is 3. The van der Waals surface area contributed by atoms with Crippen molar-refractivity contribution >= 4 is 5.91 Å². The second kappa shape index (κ2) is 5.11. The van der Waals surface area contributed by atoms with Crippen molar-refractivity contribution in [2.45, 2.75) is 30.8 Å². The fourth-order valence-corrected chi connectivity index (χ4v) is 4.82. The summed E-state index contributed by atoms with van der Waals surface area (Å²) in [5, 5.41) is 0. The highest BCUT2D eigenvalue weighted by Crippen LogP contribution is 2.46. The highest BCUT2D eigenvalue weighted by Gasteiger charge is 2.54. The van der Waals surface area contributed by atoms with Crippen LogP contribution >= 0.6 is 0 Å². The lowest BCUT2D eigenvalue weighted by Crippen LogP contribution is -2.61. The van der Waals surface area contributed by atoms with E-state index >= 15 is 0 Å². The number of nitrogens with zero attached hydrogens (tertiary/aromatic N) is 2. The maximum absolute atomic E-state index is 12.3. The molecule has 4 aliphatic rings. The summed E-state index contributed by atoms with van der Waals surface area (Å²) in [5.41, 5.74) is 7.02. The minimum Gasteiger partial charge on any atom is -0.336 e. The van der Waals surface area contributed by atoms with Crippen molar-refractivity contribution in [3.05, 3.63) is 35.9 Å². The number of amides is 1. The van der Waals surface area contributed by atoms with Gasteiger partial charge in [-0.15, -0.1) is 0 Å². The van der Waals surface area contributed by atoms with E-state index in [1.54, 1.807) is 0 Å². The molecule has 112 valence electrons. The van der Waals surface area contributed by atoms with Crippen LogP contribution in [0.4, 0.5) is 0 Å². The van der Waals surface area contributed by atoms with Gasteiger partial charge in [-0.2, -0.15) is 0 Å². The Balaban J connectivity index is 1.71. The molecule has 2 N–H and O–H groups in total. The Morgan fingerprint density at radius 1 is 1.14 bits per heavy atom. The van der Waals surface area contributed by atoms with Gasteiger partial charge in [0.25, 0.3) is 0 Å². The molecule has 4 heterocycles. The summed E-state index contributed by atoms with van der Waals surface area (Å²) in [6, 6.07) is 11.6. The molecule has 4 saturated heterocycles. The maximum Gasteiger partial charge on any atom is 0.236 e. The van der Waals surface area contributed by atoms with E-state index in [0.29, 0.717) is 23.9 Å². The van der Waals surface area contributed by atoms with Gasteiger partial charge < -0.3 is 10.6 Å². The van der Waals surface area contributed by atoms with Crippen molar-refractivity contribution in [1.29, 1.82) is 0 Å². The molecule has 0 spiro atoms. The van der Waals surface area contributed by atoms with Crippen LogP contribution in [0.5, 0.6) is 0 Å². The maximum atomic E-state index is 12.3. The van der Waals surface area contributed by atoms with E-state index in [1.165, 1.54) is 31.5 Å². The summed E-state index contributed by atoms with van der Waals surface area (Å²) in [7, 11) is 0. The highest BCUT2D eigenvalue weighted by molar-refractivity contribution is 5.79. The molecule has 5 rings (SSSR count). The first kappa shape index (κ1) is 13.3. The van der Waals surface area contributed by atoms with Crippen molar-refractivity contribution in [2.24, 2.45) is 11.7 Å². The summed E-state index contributed by atoms with van der Waals surface area (Å²) in [6.45, 7) is 3.36. The third kappa shape index (κ3) is 2.00. The van der Waals surface area contributed by atoms with Crippen LogP contribution in [0.1, 0.15) is 24.3 Å². The Morgan fingerprint density at radius 3 is 2.52 bits per heavy atom. The minimum absolute atomic E-state index is 0.122. The molecule has 1 aromatic rings. The summed E-state index contributed by atoms with van der Waals surface area (Å²) in [5.74, 6) is 1.23. The Bertz CT molecular complexity index is 524. The van der Waals surface area contributed by atoms with Gasteiger partial charge in [0, 0.05) is 18.5 Å². The van der Waals surface area contributed by atoms with Gasteiger partial charge in [0.1, 0.15) is 0 Å². The van der Waals surface area contributed by atoms with Crippen LogP contribution in [-0.2, 0) is 4.79 Å². The molecular weight excluding hydrogens is 262 g/mol. The lowest BCUT2D eigenvalue weighted by atomic mass is 9.75. The van der Waals surface area contributed by atoms with Gasteiger partial charge in [-0.1, -0.05) is 30.3 Å². The molecule has 1 amide bonds. The molecule has 21 heavy (non-hydrogen) atoms. The first-order valence-electron chi connectivity index (χ1n) is 8.08. The van der Waals surface area contributed by atoms with Crippen molar-refractivity contribution in [3.63, 3.8) is 0 Å². The van der Waals surface area contributed by atoms with Crippen molar-refractivity contribution in [1.82, 2.24) is 9.80 Å².